The summed E-state index contributed by atoms with van der Waals surface area (Å²) in [6.07, 6.45) is 1.02. The lowest BCUT2D eigenvalue weighted by atomic mass is 10.1. The quantitative estimate of drug-likeness (QED) is 0.577. The van der Waals surface area contributed by atoms with E-state index in [4.69, 9.17) is 9.47 Å². The Bertz CT molecular complexity index is 119. The molecule has 1 saturated heterocycles. The van der Waals surface area contributed by atoms with Gasteiger partial charge in [0.15, 0.2) is 6.29 Å². The van der Waals surface area contributed by atoms with Crippen LogP contribution in [0.1, 0.15) is 12.8 Å². The molecule has 0 saturated carbocycles. The highest BCUT2D eigenvalue weighted by Gasteiger charge is 2.29. The minimum Gasteiger partial charge on any atom is -0.386 e. The van der Waals surface area contributed by atoms with Crippen LogP contribution in [0.3, 0.4) is 0 Å². The standard InChI is InChI=1S/C8H17NO3/c1-11-8(12-2)7(10)6-4-3-5-9-6/h6-10H,3-5H2,1-2H3. The Morgan fingerprint density at radius 2 is 2.08 bits per heavy atom. The van der Waals surface area contributed by atoms with Crippen molar-refractivity contribution in [2.45, 2.75) is 31.3 Å². The van der Waals surface area contributed by atoms with Crippen LogP contribution >= 0.6 is 0 Å². The van der Waals surface area contributed by atoms with E-state index in [0.29, 0.717) is 0 Å². The van der Waals surface area contributed by atoms with Gasteiger partial charge in [-0.1, -0.05) is 0 Å². The third kappa shape index (κ3) is 2.17. The lowest BCUT2D eigenvalue weighted by Crippen LogP contribution is -2.44. The summed E-state index contributed by atoms with van der Waals surface area (Å²) in [6.45, 7) is 0.974. The van der Waals surface area contributed by atoms with Crippen LogP contribution in [0.15, 0.2) is 0 Å². The summed E-state index contributed by atoms with van der Waals surface area (Å²) in [4.78, 5) is 0. The lowest BCUT2D eigenvalue weighted by molar-refractivity contribution is -0.170. The molecule has 0 amide bonds. The molecule has 1 aliphatic rings. The van der Waals surface area contributed by atoms with Gasteiger partial charge >= 0.3 is 0 Å². The Kier molecular flexibility index (Phi) is 3.94. The average molecular weight is 175 g/mol. The van der Waals surface area contributed by atoms with Gasteiger partial charge in [-0.2, -0.15) is 0 Å². The number of ether oxygens (including phenoxy) is 2. The van der Waals surface area contributed by atoms with Crippen LogP contribution in [-0.2, 0) is 9.47 Å². The maximum Gasteiger partial charge on any atom is 0.184 e. The van der Waals surface area contributed by atoms with Crippen molar-refractivity contribution >= 4 is 0 Å². The molecule has 2 atom stereocenters. The first-order chi connectivity index (χ1) is 5.79. The number of rotatable bonds is 4. The van der Waals surface area contributed by atoms with Gasteiger partial charge in [0.2, 0.25) is 0 Å². The Hall–Kier alpha value is -0.160. The number of methoxy groups -OCH3 is 2. The van der Waals surface area contributed by atoms with Gasteiger partial charge in [-0.25, -0.2) is 0 Å². The van der Waals surface area contributed by atoms with Crippen molar-refractivity contribution in [3.05, 3.63) is 0 Å². The molecule has 0 spiro atoms. The molecule has 0 aromatic heterocycles. The van der Waals surface area contributed by atoms with Crippen molar-refractivity contribution in [1.29, 1.82) is 0 Å². The van der Waals surface area contributed by atoms with E-state index in [1.165, 1.54) is 14.2 Å². The van der Waals surface area contributed by atoms with Crippen molar-refractivity contribution < 1.29 is 14.6 Å². The van der Waals surface area contributed by atoms with Crippen LogP contribution in [0.4, 0.5) is 0 Å². The van der Waals surface area contributed by atoms with Crippen molar-refractivity contribution in [2.75, 3.05) is 20.8 Å². The van der Waals surface area contributed by atoms with Gasteiger partial charge in [0.05, 0.1) is 0 Å². The van der Waals surface area contributed by atoms with Gasteiger partial charge in [-0.3, -0.25) is 0 Å². The molecule has 4 heteroatoms. The molecule has 1 rings (SSSR count). The molecule has 72 valence electrons. The first kappa shape index (κ1) is 9.92. The summed E-state index contributed by atoms with van der Waals surface area (Å²) < 4.78 is 9.92. The van der Waals surface area contributed by atoms with Crippen LogP contribution in [0.2, 0.25) is 0 Å². The molecule has 4 nitrogen and oxygen atoms in total. The fraction of sp³-hybridized carbons (Fsp3) is 1.00. The van der Waals surface area contributed by atoms with Crippen LogP contribution in [0, 0.1) is 0 Å². The normalized spacial score (nSPS) is 26.5. The van der Waals surface area contributed by atoms with E-state index in [1.807, 2.05) is 0 Å². The number of aliphatic hydroxyl groups is 1. The Morgan fingerprint density at radius 3 is 2.50 bits per heavy atom. The zero-order valence-corrected chi connectivity index (χ0v) is 7.62. The SMILES string of the molecule is COC(OC)C(O)C1CCCN1. The second kappa shape index (κ2) is 4.77. The predicted octanol–water partition coefficient (Wildman–Crippen LogP) is -0.282. The minimum atomic E-state index is -0.567. The van der Waals surface area contributed by atoms with Crippen molar-refractivity contribution in [3.63, 3.8) is 0 Å². The molecule has 0 radical (unpaired) electrons. The molecule has 2 N–H and O–H groups in total. The van der Waals surface area contributed by atoms with Gasteiger partial charge in [0.1, 0.15) is 6.10 Å². The lowest BCUT2D eigenvalue weighted by Gasteiger charge is -2.24. The predicted molar refractivity (Wildman–Crippen MR) is 44.8 cm³/mol. The molecule has 2 unspecified atom stereocenters. The van der Waals surface area contributed by atoms with Gasteiger partial charge in [0, 0.05) is 20.3 Å². The maximum atomic E-state index is 9.70. The number of nitrogens with one attached hydrogen (secondary N) is 1. The summed E-state index contributed by atoms with van der Waals surface area (Å²) in [5, 5.41) is 12.9. The summed E-state index contributed by atoms with van der Waals surface area (Å²) >= 11 is 0. The second-order valence-electron chi connectivity index (χ2n) is 3.03. The van der Waals surface area contributed by atoms with E-state index in [0.717, 1.165) is 19.4 Å². The van der Waals surface area contributed by atoms with E-state index in [-0.39, 0.29) is 6.04 Å². The zero-order chi connectivity index (χ0) is 8.97. The number of hydrogen-bond donors (Lipinski definition) is 2. The number of aliphatic hydroxyl groups excluding tert-OH is 1. The van der Waals surface area contributed by atoms with Crippen molar-refractivity contribution in [3.8, 4) is 0 Å². The van der Waals surface area contributed by atoms with Gasteiger partial charge in [-0.15, -0.1) is 0 Å². The first-order valence-electron chi connectivity index (χ1n) is 4.26. The van der Waals surface area contributed by atoms with E-state index in [2.05, 4.69) is 5.32 Å². The highest BCUT2D eigenvalue weighted by molar-refractivity contribution is 4.82. The van der Waals surface area contributed by atoms with Crippen LogP contribution < -0.4 is 5.32 Å². The molecule has 0 aromatic carbocycles. The maximum absolute atomic E-state index is 9.70. The monoisotopic (exact) mass is 175 g/mol. The molecule has 0 aromatic rings. The van der Waals surface area contributed by atoms with E-state index < -0.39 is 12.4 Å². The molecular weight excluding hydrogens is 158 g/mol. The molecule has 0 bridgehead atoms. The highest BCUT2D eigenvalue weighted by Crippen LogP contribution is 2.13. The smallest absolute Gasteiger partial charge is 0.184 e. The molecular formula is C8H17NO3. The Morgan fingerprint density at radius 1 is 1.42 bits per heavy atom. The summed E-state index contributed by atoms with van der Waals surface area (Å²) in [7, 11) is 3.07. The highest BCUT2D eigenvalue weighted by atomic mass is 16.7. The summed E-state index contributed by atoms with van der Waals surface area (Å²) in [5.41, 5.74) is 0. The second-order valence-corrected chi connectivity index (χ2v) is 3.03. The van der Waals surface area contributed by atoms with Gasteiger partial charge in [-0.05, 0) is 19.4 Å². The van der Waals surface area contributed by atoms with Crippen LogP contribution in [-0.4, -0.2) is 44.3 Å². The molecule has 1 heterocycles. The van der Waals surface area contributed by atoms with Crippen LogP contribution in [0.5, 0.6) is 0 Å². The summed E-state index contributed by atoms with van der Waals surface area (Å²) in [6, 6.07) is 0.120. The third-order valence-electron chi connectivity index (χ3n) is 2.25. The molecule has 1 aliphatic heterocycles. The van der Waals surface area contributed by atoms with Gasteiger partial charge < -0.3 is 19.9 Å². The first-order valence-corrected chi connectivity index (χ1v) is 4.26. The molecule has 12 heavy (non-hydrogen) atoms. The average Bonchev–Trinajstić information content (AvgIpc) is 2.58. The Labute approximate surface area is 72.9 Å². The number of hydrogen-bond acceptors (Lipinski definition) is 4. The van der Waals surface area contributed by atoms with E-state index in [1.54, 1.807) is 0 Å². The van der Waals surface area contributed by atoms with E-state index in [9.17, 15) is 5.11 Å². The summed E-state index contributed by atoms with van der Waals surface area (Å²) in [5.74, 6) is 0. The van der Waals surface area contributed by atoms with Gasteiger partial charge in [0.25, 0.3) is 0 Å². The largest absolute Gasteiger partial charge is 0.386 e. The van der Waals surface area contributed by atoms with Crippen LogP contribution in [0.25, 0.3) is 0 Å². The molecule has 0 aliphatic carbocycles. The fourth-order valence-corrected chi connectivity index (χ4v) is 1.57. The van der Waals surface area contributed by atoms with Crippen molar-refractivity contribution in [1.82, 2.24) is 5.32 Å². The zero-order valence-electron chi connectivity index (χ0n) is 7.62. The fourth-order valence-electron chi connectivity index (χ4n) is 1.57. The van der Waals surface area contributed by atoms with Crippen molar-refractivity contribution in [2.24, 2.45) is 0 Å². The Balaban J connectivity index is 2.37. The topological polar surface area (TPSA) is 50.7 Å². The van der Waals surface area contributed by atoms with E-state index >= 15 is 0 Å². The third-order valence-corrected chi connectivity index (χ3v) is 2.25. The molecule has 1 fully saturated rings. The minimum absolute atomic E-state index is 0.120.